The van der Waals surface area contributed by atoms with E-state index < -0.39 is 5.54 Å². The van der Waals surface area contributed by atoms with Crippen LogP contribution in [0.25, 0.3) is 0 Å². The summed E-state index contributed by atoms with van der Waals surface area (Å²) in [4.78, 5) is 12.4. The lowest BCUT2D eigenvalue weighted by molar-refractivity contribution is 0.0690. The molecule has 1 heterocycles. The molecule has 1 aromatic heterocycles. The number of aliphatic hydroxyl groups excluding tert-OH is 1. The standard InChI is InChI=1S/C15H24N2O2/c1-11-5-4-8-15(9-11,10-18)16-14(19)13-7-6-12(2)17(13)3/h6-7,11,18H,4-5,8-10H2,1-3H3,(H,16,19). The molecule has 4 nitrogen and oxygen atoms in total. The number of rotatable bonds is 3. The van der Waals surface area contributed by atoms with Gasteiger partial charge >= 0.3 is 0 Å². The maximum atomic E-state index is 12.4. The van der Waals surface area contributed by atoms with Crippen LogP contribution < -0.4 is 5.32 Å². The number of aromatic nitrogens is 1. The summed E-state index contributed by atoms with van der Waals surface area (Å²) < 4.78 is 1.88. The second-order valence-electron chi connectivity index (χ2n) is 6.01. The SMILES string of the molecule is Cc1ccc(C(=O)NC2(CO)CCCC(C)C2)n1C. The summed E-state index contributed by atoms with van der Waals surface area (Å²) in [6.45, 7) is 4.18. The first kappa shape index (κ1) is 14.1. The average molecular weight is 264 g/mol. The Hall–Kier alpha value is -1.29. The Balaban J connectivity index is 2.14. The molecule has 0 bridgehead atoms. The van der Waals surface area contributed by atoms with Crippen molar-refractivity contribution >= 4 is 5.91 Å². The van der Waals surface area contributed by atoms with Crippen LogP contribution in [0.15, 0.2) is 12.1 Å². The Morgan fingerprint density at radius 2 is 2.32 bits per heavy atom. The molecule has 2 rings (SSSR count). The quantitative estimate of drug-likeness (QED) is 0.877. The first-order chi connectivity index (χ1) is 8.97. The third kappa shape index (κ3) is 2.84. The maximum absolute atomic E-state index is 12.4. The van der Waals surface area contributed by atoms with Crippen LogP contribution in [0.2, 0.25) is 0 Å². The fraction of sp³-hybridized carbons (Fsp3) is 0.667. The monoisotopic (exact) mass is 264 g/mol. The van der Waals surface area contributed by atoms with Crippen LogP contribution in [0.5, 0.6) is 0 Å². The third-order valence-electron chi connectivity index (χ3n) is 4.38. The molecular formula is C15H24N2O2. The van der Waals surface area contributed by atoms with Gasteiger partial charge in [-0.25, -0.2) is 0 Å². The van der Waals surface area contributed by atoms with Gasteiger partial charge in [0, 0.05) is 12.7 Å². The lowest BCUT2D eigenvalue weighted by Crippen LogP contribution is -2.54. The van der Waals surface area contributed by atoms with Crippen LogP contribution in [0.1, 0.15) is 48.8 Å². The molecule has 2 unspecified atom stereocenters. The zero-order valence-corrected chi connectivity index (χ0v) is 12.1. The summed E-state index contributed by atoms with van der Waals surface area (Å²) >= 11 is 0. The molecule has 106 valence electrons. The number of carbonyl (C=O) groups excluding carboxylic acids is 1. The molecule has 0 radical (unpaired) electrons. The molecule has 19 heavy (non-hydrogen) atoms. The fourth-order valence-corrected chi connectivity index (χ4v) is 3.10. The van der Waals surface area contributed by atoms with E-state index in [1.807, 2.05) is 30.7 Å². The van der Waals surface area contributed by atoms with Gasteiger partial charge in [-0.2, -0.15) is 0 Å². The van der Waals surface area contributed by atoms with Crippen LogP contribution >= 0.6 is 0 Å². The number of hydrogen-bond donors (Lipinski definition) is 2. The van der Waals surface area contributed by atoms with Crippen LogP contribution in [0, 0.1) is 12.8 Å². The highest BCUT2D eigenvalue weighted by atomic mass is 16.3. The van der Waals surface area contributed by atoms with E-state index in [1.165, 1.54) is 6.42 Å². The predicted octanol–water partition coefficient (Wildman–Crippen LogP) is 2.00. The molecular weight excluding hydrogens is 240 g/mol. The molecule has 4 heteroatoms. The molecule has 1 amide bonds. The van der Waals surface area contributed by atoms with Gasteiger partial charge in [0.15, 0.2) is 0 Å². The van der Waals surface area contributed by atoms with Crippen molar-refractivity contribution in [3.63, 3.8) is 0 Å². The minimum absolute atomic E-state index is 0.0203. The Morgan fingerprint density at radius 3 is 2.84 bits per heavy atom. The Labute approximate surface area is 114 Å². The van der Waals surface area contributed by atoms with E-state index in [-0.39, 0.29) is 12.5 Å². The van der Waals surface area contributed by atoms with Gasteiger partial charge in [-0.3, -0.25) is 4.79 Å². The van der Waals surface area contributed by atoms with Gasteiger partial charge in [-0.15, -0.1) is 0 Å². The van der Waals surface area contributed by atoms with E-state index in [9.17, 15) is 9.90 Å². The highest BCUT2D eigenvalue weighted by Gasteiger charge is 2.36. The molecule has 0 aromatic carbocycles. The topological polar surface area (TPSA) is 54.3 Å². The molecule has 1 saturated carbocycles. The van der Waals surface area contributed by atoms with Crippen molar-refractivity contribution in [2.75, 3.05) is 6.61 Å². The minimum Gasteiger partial charge on any atom is -0.394 e. The number of nitrogens with one attached hydrogen (secondary N) is 1. The molecule has 0 spiro atoms. The van der Waals surface area contributed by atoms with Crippen molar-refractivity contribution in [2.45, 2.75) is 45.1 Å². The number of nitrogens with zero attached hydrogens (tertiary/aromatic N) is 1. The second-order valence-corrected chi connectivity index (χ2v) is 6.01. The predicted molar refractivity (Wildman–Crippen MR) is 75.1 cm³/mol. The highest BCUT2D eigenvalue weighted by molar-refractivity contribution is 5.93. The lowest BCUT2D eigenvalue weighted by atomic mass is 9.77. The van der Waals surface area contributed by atoms with Crippen LogP contribution in [0.4, 0.5) is 0 Å². The Morgan fingerprint density at radius 1 is 1.58 bits per heavy atom. The van der Waals surface area contributed by atoms with Gasteiger partial charge in [0.25, 0.3) is 5.91 Å². The van der Waals surface area contributed by atoms with Crippen molar-refractivity contribution in [1.82, 2.24) is 9.88 Å². The first-order valence-corrected chi connectivity index (χ1v) is 7.03. The van der Waals surface area contributed by atoms with E-state index in [4.69, 9.17) is 0 Å². The smallest absolute Gasteiger partial charge is 0.268 e. The Kier molecular flexibility index (Phi) is 3.99. The summed E-state index contributed by atoms with van der Waals surface area (Å²) in [5, 5.41) is 12.8. The number of amides is 1. The summed E-state index contributed by atoms with van der Waals surface area (Å²) in [5.74, 6) is 0.468. The van der Waals surface area contributed by atoms with Gasteiger partial charge in [0.2, 0.25) is 0 Å². The number of carbonyl (C=O) groups is 1. The van der Waals surface area contributed by atoms with Crippen molar-refractivity contribution in [3.8, 4) is 0 Å². The van der Waals surface area contributed by atoms with E-state index in [0.29, 0.717) is 11.6 Å². The zero-order chi connectivity index (χ0) is 14.0. The zero-order valence-electron chi connectivity index (χ0n) is 12.1. The van der Waals surface area contributed by atoms with E-state index in [1.54, 1.807) is 0 Å². The van der Waals surface area contributed by atoms with Gasteiger partial charge in [0.1, 0.15) is 5.69 Å². The van der Waals surface area contributed by atoms with Gasteiger partial charge in [0.05, 0.1) is 12.1 Å². The molecule has 1 aliphatic rings. The van der Waals surface area contributed by atoms with Crippen LogP contribution in [-0.4, -0.2) is 27.7 Å². The first-order valence-electron chi connectivity index (χ1n) is 7.03. The number of aryl methyl sites for hydroxylation is 1. The maximum Gasteiger partial charge on any atom is 0.268 e. The largest absolute Gasteiger partial charge is 0.394 e. The summed E-state index contributed by atoms with van der Waals surface area (Å²) in [7, 11) is 1.89. The average Bonchev–Trinajstić information content (AvgIpc) is 2.70. The van der Waals surface area contributed by atoms with Gasteiger partial charge in [-0.05, 0) is 37.8 Å². The lowest BCUT2D eigenvalue weighted by Gasteiger charge is -2.39. The minimum atomic E-state index is -0.438. The van der Waals surface area contributed by atoms with Crippen LogP contribution in [0.3, 0.4) is 0 Å². The highest BCUT2D eigenvalue weighted by Crippen LogP contribution is 2.32. The van der Waals surface area contributed by atoms with Crippen molar-refractivity contribution < 1.29 is 9.90 Å². The molecule has 2 atom stereocenters. The van der Waals surface area contributed by atoms with Crippen molar-refractivity contribution in [1.29, 1.82) is 0 Å². The molecule has 0 aliphatic heterocycles. The third-order valence-corrected chi connectivity index (χ3v) is 4.38. The van der Waals surface area contributed by atoms with Crippen molar-refractivity contribution in [3.05, 3.63) is 23.5 Å². The van der Waals surface area contributed by atoms with E-state index in [0.717, 1.165) is 25.0 Å². The molecule has 1 aliphatic carbocycles. The summed E-state index contributed by atoms with van der Waals surface area (Å²) in [6, 6.07) is 3.77. The second kappa shape index (κ2) is 5.37. The van der Waals surface area contributed by atoms with Crippen molar-refractivity contribution in [2.24, 2.45) is 13.0 Å². The Bertz CT molecular complexity index is 467. The molecule has 2 N–H and O–H groups in total. The van der Waals surface area contributed by atoms with E-state index >= 15 is 0 Å². The van der Waals surface area contributed by atoms with Crippen LogP contribution in [-0.2, 0) is 7.05 Å². The molecule has 0 saturated heterocycles. The fourth-order valence-electron chi connectivity index (χ4n) is 3.10. The number of aliphatic hydroxyl groups is 1. The normalized spacial score (nSPS) is 27.3. The van der Waals surface area contributed by atoms with Gasteiger partial charge < -0.3 is 15.0 Å². The summed E-state index contributed by atoms with van der Waals surface area (Å²) in [6.07, 6.45) is 3.97. The summed E-state index contributed by atoms with van der Waals surface area (Å²) in [5.41, 5.74) is 1.27. The number of hydrogen-bond acceptors (Lipinski definition) is 2. The molecule has 1 fully saturated rings. The van der Waals surface area contributed by atoms with E-state index in [2.05, 4.69) is 12.2 Å². The van der Waals surface area contributed by atoms with Gasteiger partial charge in [-0.1, -0.05) is 19.8 Å². The molecule has 1 aromatic rings.